The first-order chi connectivity index (χ1) is 15.5. The molecule has 4 rings (SSSR count). The van der Waals surface area contributed by atoms with E-state index < -0.39 is 5.60 Å². The maximum Gasteiger partial charge on any atom is 0.130 e. The van der Waals surface area contributed by atoms with Gasteiger partial charge >= 0.3 is 0 Å². The number of fused-ring (bicyclic) bond motifs is 1. The van der Waals surface area contributed by atoms with Gasteiger partial charge in [-0.2, -0.15) is 0 Å². The fraction of sp³-hybridized carbons (Fsp3) is 0.280. The Kier molecular flexibility index (Phi) is 6.39. The van der Waals surface area contributed by atoms with E-state index in [1.807, 2.05) is 19.1 Å². The number of hydrogen-bond donors (Lipinski definition) is 1. The van der Waals surface area contributed by atoms with Crippen LogP contribution in [0.15, 0.2) is 72.9 Å². The molecule has 1 aromatic carbocycles. The summed E-state index contributed by atoms with van der Waals surface area (Å²) in [5.41, 5.74) is 3.24. The molecule has 7 heteroatoms. The molecule has 1 N–H and O–H groups in total. The predicted molar refractivity (Wildman–Crippen MR) is 128 cm³/mol. The Morgan fingerprint density at radius 1 is 1.22 bits per heavy atom. The number of ether oxygens (including phenoxy) is 1. The first kappa shape index (κ1) is 21.8. The zero-order chi connectivity index (χ0) is 22.6. The fourth-order valence-corrected chi connectivity index (χ4v) is 3.81. The first-order valence-electron chi connectivity index (χ1n) is 10.6. The Morgan fingerprint density at radius 3 is 2.78 bits per heavy atom. The Labute approximate surface area is 187 Å². The number of aliphatic imine (C=N–C) groups is 1. The third-order valence-electron chi connectivity index (χ3n) is 5.62. The van der Waals surface area contributed by atoms with E-state index in [0.717, 1.165) is 54.2 Å². The van der Waals surface area contributed by atoms with Crippen molar-refractivity contribution < 1.29 is 9.84 Å². The number of aliphatic hydroxyl groups is 1. The van der Waals surface area contributed by atoms with E-state index in [-0.39, 0.29) is 0 Å². The van der Waals surface area contributed by atoms with Gasteiger partial charge in [0.05, 0.1) is 30.1 Å². The van der Waals surface area contributed by atoms with Crippen LogP contribution in [0.2, 0.25) is 0 Å². The molecular weight excluding hydrogens is 402 g/mol. The van der Waals surface area contributed by atoms with Crippen molar-refractivity contribution in [3.05, 3.63) is 73.5 Å². The molecule has 0 radical (unpaired) electrons. The second kappa shape index (κ2) is 9.38. The number of anilines is 1. The van der Waals surface area contributed by atoms with E-state index in [9.17, 15) is 5.11 Å². The van der Waals surface area contributed by atoms with Crippen LogP contribution in [0.4, 0.5) is 5.69 Å². The fourth-order valence-electron chi connectivity index (χ4n) is 3.81. The number of pyridine rings is 1. The molecule has 3 heterocycles. The number of aromatic nitrogens is 3. The lowest BCUT2D eigenvalue weighted by Gasteiger charge is -2.29. The normalized spacial score (nSPS) is 17.0. The van der Waals surface area contributed by atoms with Gasteiger partial charge in [-0.15, -0.1) is 0 Å². The molecule has 32 heavy (non-hydrogen) atoms. The van der Waals surface area contributed by atoms with Gasteiger partial charge in [0.25, 0.3) is 0 Å². The Bertz CT molecular complexity index is 1180. The van der Waals surface area contributed by atoms with Crippen molar-refractivity contribution in [1.29, 1.82) is 0 Å². The molecule has 0 bridgehead atoms. The minimum absolute atomic E-state index is 0.442. The lowest BCUT2D eigenvalue weighted by Crippen LogP contribution is -2.36. The largest absolute Gasteiger partial charge is 0.379 e. The summed E-state index contributed by atoms with van der Waals surface area (Å²) in [5, 5.41) is 12.1. The van der Waals surface area contributed by atoms with Crippen LogP contribution in [0.25, 0.3) is 22.2 Å². The lowest BCUT2D eigenvalue weighted by molar-refractivity contribution is 0.122. The average Bonchev–Trinajstić information content (AvgIpc) is 2.84. The van der Waals surface area contributed by atoms with Crippen LogP contribution < -0.4 is 4.90 Å². The average molecular weight is 430 g/mol. The molecule has 1 saturated heterocycles. The quantitative estimate of drug-likeness (QED) is 0.599. The van der Waals surface area contributed by atoms with Crippen molar-refractivity contribution in [2.75, 3.05) is 31.2 Å². The zero-order valence-electron chi connectivity index (χ0n) is 18.4. The summed E-state index contributed by atoms with van der Waals surface area (Å²) in [6, 6.07) is 8.11. The molecule has 0 spiro atoms. The molecule has 3 aromatic rings. The molecule has 2 aromatic heterocycles. The topological polar surface area (TPSA) is 83.7 Å². The molecule has 1 unspecified atom stereocenters. The Hall–Kier alpha value is -3.42. The lowest BCUT2D eigenvalue weighted by atomic mass is 9.90. The van der Waals surface area contributed by atoms with Crippen LogP contribution >= 0.6 is 0 Å². The van der Waals surface area contributed by atoms with Gasteiger partial charge in [-0.05, 0) is 44.2 Å². The summed E-state index contributed by atoms with van der Waals surface area (Å²) in [7, 11) is 0. The summed E-state index contributed by atoms with van der Waals surface area (Å²) < 4.78 is 5.46. The molecule has 1 aliphatic rings. The number of allylic oxidation sites excluding steroid dienone is 1. The van der Waals surface area contributed by atoms with Gasteiger partial charge in [-0.25, -0.2) is 9.97 Å². The zero-order valence-corrected chi connectivity index (χ0v) is 18.4. The second-order valence-electron chi connectivity index (χ2n) is 7.76. The molecular formula is C25H27N5O2. The smallest absolute Gasteiger partial charge is 0.130 e. The van der Waals surface area contributed by atoms with Crippen molar-refractivity contribution in [2.45, 2.75) is 19.4 Å². The van der Waals surface area contributed by atoms with E-state index in [0.29, 0.717) is 11.3 Å². The van der Waals surface area contributed by atoms with Crippen LogP contribution in [-0.2, 0) is 10.3 Å². The third-order valence-corrected chi connectivity index (χ3v) is 5.62. The van der Waals surface area contributed by atoms with Crippen LogP contribution in [0.1, 0.15) is 19.4 Å². The Morgan fingerprint density at radius 2 is 2.03 bits per heavy atom. The number of nitrogens with zero attached hydrogens (tertiary/aromatic N) is 5. The minimum atomic E-state index is -1.35. The van der Waals surface area contributed by atoms with Gasteiger partial charge in [0.2, 0.25) is 0 Å². The van der Waals surface area contributed by atoms with Crippen LogP contribution in [0, 0.1) is 0 Å². The number of morpholine rings is 1. The van der Waals surface area contributed by atoms with Crippen molar-refractivity contribution in [3.63, 3.8) is 0 Å². The third kappa shape index (κ3) is 4.30. The van der Waals surface area contributed by atoms with Gasteiger partial charge < -0.3 is 14.7 Å². The van der Waals surface area contributed by atoms with Crippen molar-refractivity contribution in [2.24, 2.45) is 4.99 Å². The van der Waals surface area contributed by atoms with E-state index in [4.69, 9.17) is 4.74 Å². The summed E-state index contributed by atoms with van der Waals surface area (Å²) in [4.78, 5) is 20.0. The molecule has 0 saturated carbocycles. The molecule has 7 nitrogen and oxygen atoms in total. The van der Waals surface area contributed by atoms with E-state index >= 15 is 0 Å². The highest BCUT2D eigenvalue weighted by atomic mass is 16.5. The van der Waals surface area contributed by atoms with Crippen LogP contribution in [0.5, 0.6) is 0 Å². The van der Waals surface area contributed by atoms with Crippen LogP contribution in [0.3, 0.4) is 0 Å². The molecule has 0 amide bonds. The molecule has 1 atom stereocenters. The molecule has 164 valence electrons. The number of benzene rings is 1. The van der Waals surface area contributed by atoms with Crippen molar-refractivity contribution in [3.8, 4) is 11.3 Å². The first-order valence-corrected chi connectivity index (χ1v) is 10.6. The maximum atomic E-state index is 11.2. The summed E-state index contributed by atoms with van der Waals surface area (Å²) in [6.45, 7) is 10.5. The van der Waals surface area contributed by atoms with Crippen molar-refractivity contribution in [1.82, 2.24) is 15.0 Å². The summed E-state index contributed by atoms with van der Waals surface area (Å²) in [5.74, 6) is 0. The number of rotatable bonds is 6. The number of hydrogen-bond acceptors (Lipinski definition) is 7. The highest BCUT2D eigenvalue weighted by Gasteiger charge is 2.29. The van der Waals surface area contributed by atoms with Gasteiger partial charge in [0.15, 0.2) is 0 Å². The van der Waals surface area contributed by atoms with Crippen LogP contribution in [-0.4, -0.2) is 52.1 Å². The highest BCUT2D eigenvalue weighted by molar-refractivity contribution is 6.02. The summed E-state index contributed by atoms with van der Waals surface area (Å²) >= 11 is 0. The van der Waals surface area contributed by atoms with E-state index in [1.54, 1.807) is 44.0 Å². The molecule has 0 aliphatic carbocycles. The second-order valence-corrected chi connectivity index (χ2v) is 7.76. The summed E-state index contributed by atoms with van der Waals surface area (Å²) in [6.07, 6.45) is 9.93. The van der Waals surface area contributed by atoms with Gasteiger partial charge in [-0.3, -0.25) is 9.98 Å². The highest BCUT2D eigenvalue weighted by Crippen LogP contribution is 2.31. The minimum Gasteiger partial charge on any atom is -0.379 e. The van der Waals surface area contributed by atoms with E-state index in [2.05, 4.69) is 43.6 Å². The maximum absolute atomic E-state index is 11.2. The van der Waals surface area contributed by atoms with E-state index in [1.165, 1.54) is 0 Å². The van der Waals surface area contributed by atoms with Crippen molar-refractivity contribution >= 4 is 22.3 Å². The standard InChI is InChI=1S/C25H27N5O2/c1-4-8-27-23(5-2)25(3,31)19-13-18(15-26-16-19)24-21-7-6-20(14-22(21)28-17-29-24)30-9-11-32-12-10-30/h4-8,13-17,31H,2,9-12H2,1,3H3/b8-4-,27-23?. The monoisotopic (exact) mass is 429 g/mol. The molecule has 1 fully saturated rings. The van der Waals surface area contributed by atoms with Gasteiger partial charge in [-0.1, -0.05) is 12.7 Å². The Balaban J connectivity index is 1.74. The molecule has 1 aliphatic heterocycles. The van der Waals surface area contributed by atoms with Gasteiger partial charge in [0, 0.05) is 53.9 Å². The van der Waals surface area contributed by atoms with Gasteiger partial charge in [0.1, 0.15) is 11.9 Å². The predicted octanol–water partition coefficient (Wildman–Crippen LogP) is 3.90. The SMILES string of the molecule is C=CC(=N/C=C\C)C(C)(O)c1cncc(-c2ncnc3cc(N4CCOCC4)ccc23)c1.